The van der Waals surface area contributed by atoms with Crippen LogP contribution in [0.2, 0.25) is 0 Å². The van der Waals surface area contributed by atoms with Gasteiger partial charge in [-0.3, -0.25) is 13.9 Å². The van der Waals surface area contributed by atoms with Crippen LogP contribution in [0.5, 0.6) is 0 Å². The zero-order chi connectivity index (χ0) is 19.3. The number of hydrogen-bond donors (Lipinski definition) is 3. The van der Waals surface area contributed by atoms with E-state index in [1.165, 1.54) is 32.1 Å². The minimum atomic E-state index is -4.67. The van der Waals surface area contributed by atoms with Crippen LogP contribution in [-0.2, 0) is 15.2 Å². The van der Waals surface area contributed by atoms with Crippen LogP contribution in [0, 0.1) is 34.5 Å². The number of Topliss-reactive ketones (excluding diaryl/α,β-unsaturated/α-hetero) is 1. The molecule has 4 fully saturated rings. The molecule has 7 heteroatoms. The van der Waals surface area contributed by atoms with Gasteiger partial charge in [0.2, 0.25) is 0 Å². The zero-order valence-corrected chi connectivity index (χ0v) is 16.5. The van der Waals surface area contributed by atoms with Gasteiger partial charge in [0.15, 0.2) is 0 Å². The highest BCUT2D eigenvalue weighted by Gasteiger charge is 2.59. The van der Waals surface area contributed by atoms with E-state index in [1.807, 2.05) is 0 Å². The van der Waals surface area contributed by atoms with Gasteiger partial charge in [0.25, 0.3) is 0 Å². The molecule has 0 radical (unpaired) electrons. The Kier molecular flexibility index (Phi) is 5.32. The molecular formula is C19H32O6S. The van der Waals surface area contributed by atoms with E-state index >= 15 is 0 Å². The molecule has 0 saturated heterocycles. The van der Waals surface area contributed by atoms with E-state index in [1.54, 1.807) is 0 Å². The van der Waals surface area contributed by atoms with Crippen LogP contribution in [0.15, 0.2) is 0 Å². The lowest BCUT2D eigenvalue weighted by molar-refractivity contribution is -0.141. The summed E-state index contributed by atoms with van der Waals surface area (Å²) in [4.78, 5) is 11.9. The van der Waals surface area contributed by atoms with Crippen molar-refractivity contribution in [3.05, 3.63) is 0 Å². The van der Waals surface area contributed by atoms with Gasteiger partial charge in [-0.1, -0.05) is 13.8 Å². The molecule has 6 nitrogen and oxygen atoms in total. The highest BCUT2D eigenvalue weighted by molar-refractivity contribution is 7.79. The maximum Gasteiger partial charge on any atom is 0.394 e. The number of fused-ring (bicyclic) bond motifs is 5. The summed E-state index contributed by atoms with van der Waals surface area (Å²) >= 11 is 0. The number of carbonyl (C=O) groups is 1. The molecule has 150 valence electrons. The Bertz CT molecular complexity index is 653. The summed E-state index contributed by atoms with van der Waals surface area (Å²) in [6, 6.07) is 0. The smallest absolute Gasteiger partial charge is 0.393 e. The third kappa shape index (κ3) is 3.60. The summed E-state index contributed by atoms with van der Waals surface area (Å²) < 4.78 is 31.6. The maximum absolute atomic E-state index is 11.9. The third-order valence-electron chi connectivity index (χ3n) is 8.43. The molecule has 0 amide bonds. The van der Waals surface area contributed by atoms with Crippen LogP contribution >= 0.6 is 0 Å². The van der Waals surface area contributed by atoms with E-state index in [0.29, 0.717) is 17.1 Å². The Labute approximate surface area is 156 Å². The van der Waals surface area contributed by atoms with Gasteiger partial charge < -0.3 is 5.11 Å². The molecule has 1 unspecified atom stereocenters. The first-order chi connectivity index (χ1) is 11.9. The first-order valence-corrected chi connectivity index (χ1v) is 11.2. The van der Waals surface area contributed by atoms with E-state index in [-0.39, 0.29) is 11.5 Å². The summed E-state index contributed by atoms with van der Waals surface area (Å²) in [7, 11) is -4.67. The van der Waals surface area contributed by atoms with Crippen LogP contribution in [-0.4, -0.2) is 34.5 Å². The molecule has 7 atom stereocenters. The van der Waals surface area contributed by atoms with Gasteiger partial charge in [-0.15, -0.1) is 0 Å². The largest absolute Gasteiger partial charge is 0.394 e. The molecule has 3 N–H and O–H groups in total. The van der Waals surface area contributed by atoms with Gasteiger partial charge in [0, 0.05) is 12.8 Å². The second kappa shape index (κ2) is 6.83. The molecule has 4 rings (SSSR count). The molecule has 0 heterocycles. The van der Waals surface area contributed by atoms with Crippen LogP contribution in [0.3, 0.4) is 0 Å². The van der Waals surface area contributed by atoms with Crippen molar-refractivity contribution < 1.29 is 27.4 Å². The summed E-state index contributed by atoms with van der Waals surface area (Å²) in [6.07, 6.45) is 10.0. The van der Waals surface area contributed by atoms with Crippen molar-refractivity contribution in [2.24, 2.45) is 34.5 Å². The molecule has 0 aromatic carbocycles. The lowest BCUT2D eigenvalue weighted by atomic mass is 9.45. The van der Waals surface area contributed by atoms with Gasteiger partial charge in [-0.25, -0.2) is 0 Å². The Balaban J connectivity index is 0.000000349. The fraction of sp³-hybridized carbons (Fsp3) is 0.947. The van der Waals surface area contributed by atoms with Gasteiger partial charge in [0.05, 0.1) is 6.10 Å². The summed E-state index contributed by atoms with van der Waals surface area (Å²) in [5.74, 6) is 3.52. The van der Waals surface area contributed by atoms with Crippen molar-refractivity contribution in [2.75, 3.05) is 0 Å². The van der Waals surface area contributed by atoms with Crippen LogP contribution < -0.4 is 0 Å². The van der Waals surface area contributed by atoms with Crippen LogP contribution in [0.1, 0.15) is 71.6 Å². The first kappa shape index (κ1) is 20.2. The number of aliphatic hydroxyl groups excluding tert-OH is 1. The van der Waals surface area contributed by atoms with E-state index in [9.17, 15) is 9.90 Å². The SMILES string of the molecule is C[C@]12CC[C@H]3[C@@H](CCC4CC(=O)CC[C@@]43C)[C@@H]1CC[C@@H]2O.O=S(=O)(O)O. The second-order valence-corrected chi connectivity index (χ2v) is 10.4. The maximum atomic E-state index is 11.9. The monoisotopic (exact) mass is 388 g/mol. The van der Waals surface area contributed by atoms with Crippen molar-refractivity contribution in [3.63, 3.8) is 0 Å². The number of rotatable bonds is 0. The lowest BCUT2D eigenvalue weighted by Gasteiger charge is -2.60. The molecule has 0 aromatic heterocycles. The molecular weight excluding hydrogens is 356 g/mol. The summed E-state index contributed by atoms with van der Waals surface area (Å²) in [5.41, 5.74) is 0.598. The van der Waals surface area contributed by atoms with E-state index in [0.717, 1.165) is 43.4 Å². The van der Waals surface area contributed by atoms with Crippen molar-refractivity contribution in [1.82, 2.24) is 0 Å². The molecule has 0 aromatic rings. The van der Waals surface area contributed by atoms with Gasteiger partial charge in [0.1, 0.15) is 5.78 Å². The number of hydrogen-bond acceptors (Lipinski definition) is 4. The highest BCUT2D eigenvalue weighted by Crippen LogP contribution is 2.65. The van der Waals surface area contributed by atoms with Crippen LogP contribution in [0.25, 0.3) is 0 Å². The van der Waals surface area contributed by atoms with Crippen molar-refractivity contribution in [1.29, 1.82) is 0 Å². The van der Waals surface area contributed by atoms with Crippen molar-refractivity contribution in [3.8, 4) is 0 Å². The van der Waals surface area contributed by atoms with Gasteiger partial charge >= 0.3 is 10.4 Å². The van der Waals surface area contributed by atoms with Crippen LogP contribution in [0.4, 0.5) is 0 Å². The number of carbonyl (C=O) groups excluding carboxylic acids is 1. The molecule has 0 spiro atoms. The first-order valence-electron chi connectivity index (χ1n) is 9.85. The number of aliphatic hydroxyl groups is 1. The van der Waals surface area contributed by atoms with E-state index in [2.05, 4.69) is 13.8 Å². The molecule has 4 aliphatic carbocycles. The second-order valence-electron chi connectivity index (χ2n) is 9.49. The normalized spacial score (nSPS) is 47.9. The molecule has 4 saturated carbocycles. The minimum absolute atomic E-state index is 0.0677. The van der Waals surface area contributed by atoms with E-state index in [4.69, 9.17) is 17.5 Å². The molecule has 0 aliphatic heterocycles. The molecule has 4 aliphatic rings. The average Bonchev–Trinajstić information content (AvgIpc) is 2.82. The van der Waals surface area contributed by atoms with E-state index < -0.39 is 10.4 Å². The lowest BCUT2D eigenvalue weighted by Crippen LogP contribution is -2.54. The van der Waals surface area contributed by atoms with Gasteiger partial charge in [-0.2, -0.15) is 8.42 Å². The predicted molar refractivity (Wildman–Crippen MR) is 96.9 cm³/mol. The minimum Gasteiger partial charge on any atom is -0.393 e. The zero-order valence-electron chi connectivity index (χ0n) is 15.7. The predicted octanol–water partition coefficient (Wildman–Crippen LogP) is 3.31. The fourth-order valence-corrected chi connectivity index (χ4v) is 7.02. The Morgan fingerprint density at radius 1 is 0.923 bits per heavy atom. The molecule has 26 heavy (non-hydrogen) atoms. The number of ketones is 1. The quantitative estimate of drug-likeness (QED) is 0.549. The highest BCUT2D eigenvalue weighted by atomic mass is 32.3. The summed E-state index contributed by atoms with van der Waals surface area (Å²) in [5, 5.41) is 10.5. The van der Waals surface area contributed by atoms with Crippen molar-refractivity contribution >= 4 is 16.2 Å². The van der Waals surface area contributed by atoms with Gasteiger partial charge in [-0.05, 0) is 79.4 Å². The topological polar surface area (TPSA) is 112 Å². The Morgan fingerprint density at radius 2 is 1.54 bits per heavy atom. The van der Waals surface area contributed by atoms with Crippen molar-refractivity contribution in [2.45, 2.75) is 77.7 Å². The molecule has 0 bridgehead atoms. The average molecular weight is 389 g/mol. The summed E-state index contributed by atoms with van der Waals surface area (Å²) in [6.45, 7) is 4.85. The Morgan fingerprint density at radius 3 is 2.19 bits per heavy atom. The third-order valence-corrected chi connectivity index (χ3v) is 8.43. The standard InChI is InChI=1S/C19H30O2.H2O4S/c1-18-9-7-13(20)11-12(18)3-4-14-15-5-6-17(21)19(15,2)10-8-16(14)18;1-5(2,3)4/h12,14-17,21H,3-11H2,1-2H3;(H2,1,2,3,4)/t12?,14-,15-,16-,17-,18-,19-;/m0./s1. The Hall–Kier alpha value is -0.500. The fourth-order valence-electron chi connectivity index (χ4n) is 7.02.